The quantitative estimate of drug-likeness (QED) is 0.690. The Bertz CT molecular complexity index is 264. The zero-order valence-electron chi connectivity index (χ0n) is 11.2. The van der Waals surface area contributed by atoms with Crippen molar-refractivity contribution in [2.45, 2.75) is 70.6 Å². The van der Waals surface area contributed by atoms with Crippen LogP contribution in [-0.4, -0.2) is 36.3 Å². The largest absolute Gasteiger partial charge is 0.446 e. The van der Waals surface area contributed by atoms with Gasteiger partial charge in [-0.3, -0.25) is 0 Å². The first-order chi connectivity index (χ1) is 8.18. The summed E-state index contributed by atoms with van der Waals surface area (Å²) in [4.78, 5) is 14.1. The highest BCUT2D eigenvalue weighted by Gasteiger charge is 2.34. The normalized spacial score (nSPS) is 26.0. The highest BCUT2D eigenvalue weighted by Crippen LogP contribution is 2.24. The summed E-state index contributed by atoms with van der Waals surface area (Å²) in [6, 6.07) is 0. The predicted octanol–water partition coefficient (Wildman–Crippen LogP) is 3.21. The van der Waals surface area contributed by atoms with E-state index in [4.69, 9.17) is 4.74 Å². The lowest BCUT2D eigenvalue weighted by atomic mass is 9.48. The SMILES string of the molecule is CB(C)C1CCCN1C(=O)OC1CCCCC1. The zero-order valence-corrected chi connectivity index (χ0v) is 11.2. The molecule has 0 aromatic carbocycles. The topological polar surface area (TPSA) is 29.5 Å². The van der Waals surface area contributed by atoms with Crippen LogP contribution in [0, 0.1) is 0 Å². The average molecular weight is 237 g/mol. The third-order valence-corrected chi connectivity index (χ3v) is 4.12. The Hall–Kier alpha value is -0.665. The molecule has 1 heterocycles. The first kappa shape index (κ1) is 12.8. The van der Waals surface area contributed by atoms with Gasteiger partial charge in [-0.1, -0.05) is 20.1 Å². The maximum Gasteiger partial charge on any atom is 0.409 e. The molecule has 1 aliphatic heterocycles. The van der Waals surface area contributed by atoms with Crippen molar-refractivity contribution in [3.05, 3.63) is 0 Å². The van der Waals surface area contributed by atoms with Crippen LogP contribution in [0.5, 0.6) is 0 Å². The molecule has 2 fully saturated rings. The summed E-state index contributed by atoms with van der Waals surface area (Å²) < 4.78 is 5.64. The van der Waals surface area contributed by atoms with Crippen LogP contribution in [0.2, 0.25) is 13.6 Å². The number of amides is 1. The van der Waals surface area contributed by atoms with Gasteiger partial charge in [-0.05, 0) is 38.5 Å². The fraction of sp³-hybridized carbons (Fsp3) is 0.923. The van der Waals surface area contributed by atoms with Gasteiger partial charge in [-0.2, -0.15) is 0 Å². The van der Waals surface area contributed by atoms with Crippen LogP contribution in [0.25, 0.3) is 0 Å². The highest BCUT2D eigenvalue weighted by molar-refractivity contribution is 6.57. The van der Waals surface area contributed by atoms with Crippen LogP contribution in [0.15, 0.2) is 0 Å². The van der Waals surface area contributed by atoms with Crippen LogP contribution in [-0.2, 0) is 4.74 Å². The van der Waals surface area contributed by atoms with Gasteiger partial charge in [0.05, 0.1) is 0 Å². The molecule has 3 nitrogen and oxygen atoms in total. The summed E-state index contributed by atoms with van der Waals surface area (Å²) in [6.07, 6.45) is 8.24. The maximum atomic E-state index is 12.1. The second-order valence-electron chi connectivity index (χ2n) is 5.79. The standard InChI is InChI=1S/C13H24BNO2/c1-14(2)12-9-6-10-15(12)13(16)17-11-7-4-3-5-8-11/h11-12H,3-10H2,1-2H3. The van der Waals surface area contributed by atoms with E-state index in [0.29, 0.717) is 12.7 Å². The molecule has 2 aliphatic rings. The third-order valence-electron chi connectivity index (χ3n) is 4.12. The lowest BCUT2D eigenvalue weighted by molar-refractivity contribution is 0.0480. The molecule has 1 amide bonds. The minimum Gasteiger partial charge on any atom is -0.446 e. The minimum atomic E-state index is -0.0619. The van der Waals surface area contributed by atoms with Crippen molar-refractivity contribution in [3.8, 4) is 0 Å². The smallest absolute Gasteiger partial charge is 0.409 e. The van der Waals surface area contributed by atoms with Gasteiger partial charge in [-0.15, -0.1) is 0 Å². The van der Waals surface area contributed by atoms with Gasteiger partial charge in [0.15, 0.2) is 6.71 Å². The summed E-state index contributed by atoms with van der Waals surface area (Å²) in [7, 11) is 0. The van der Waals surface area contributed by atoms with Crippen LogP contribution in [0.3, 0.4) is 0 Å². The van der Waals surface area contributed by atoms with Gasteiger partial charge in [0.1, 0.15) is 6.10 Å². The molecule has 1 unspecified atom stereocenters. The van der Waals surface area contributed by atoms with Crippen molar-refractivity contribution in [1.29, 1.82) is 0 Å². The van der Waals surface area contributed by atoms with E-state index in [1.54, 1.807) is 0 Å². The van der Waals surface area contributed by atoms with Crippen molar-refractivity contribution in [1.82, 2.24) is 4.90 Å². The van der Waals surface area contributed by atoms with Gasteiger partial charge in [0.2, 0.25) is 0 Å². The first-order valence-electron chi connectivity index (χ1n) is 7.15. The van der Waals surface area contributed by atoms with E-state index in [1.165, 1.54) is 19.3 Å². The first-order valence-corrected chi connectivity index (χ1v) is 7.15. The molecule has 4 heteroatoms. The Labute approximate surface area is 105 Å². The predicted molar refractivity (Wildman–Crippen MR) is 70.6 cm³/mol. The molecule has 0 aromatic rings. The highest BCUT2D eigenvalue weighted by atomic mass is 16.6. The number of nitrogens with zero attached hydrogens (tertiary/aromatic N) is 1. The van der Waals surface area contributed by atoms with E-state index < -0.39 is 0 Å². The average Bonchev–Trinajstić information content (AvgIpc) is 2.79. The summed E-state index contributed by atoms with van der Waals surface area (Å²) in [5.74, 6) is 0.395. The molecule has 1 atom stereocenters. The summed E-state index contributed by atoms with van der Waals surface area (Å²) in [5.41, 5.74) is 0. The Balaban J connectivity index is 1.86. The molecule has 0 N–H and O–H groups in total. The molecule has 0 radical (unpaired) electrons. The van der Waals surface area contributed by atoms with Crippen LogP contribution >= 0.6 is 0 Å². The fourth-order valence-electron chi connectivity index (χ4n) is 3.11. The van der Waals surface area contributed by atoms with Gasteiger partial charge in [0.25, 0.3) is 0 Å². The van der Waals surface area contributed by atoms with Crippen molar-refractivity contribution in [3.63, 3.8) is 0 Å². The van der Waals surface area contributed by atoms with E-state index >= 15 is 0 Å². The van der Waals surface area contributed by atoms with E-state index in [1.807, 2.05) is 4.90 Å². The lowest BCUT2D eigenvalue weighted by Crippen LogP contribution is -2.44. The number of hydrogen-bond donors (Lipinski definition) is 0. The van der Waals surface area contributed by atoms with Crippen LogP contribution in [0.1, 0.15) is 44.9 Å². The van der Waals surface area contributed by atoms with E-state index in [-0.39, 0.29) is 12.2 Å². The number of hydrogen-bond acceptors (Lipinski definition) is 2. The summed E-state index contributed by atoms with van der Waals surface area (Å²) in [6.45, 7) is 5.80. The molecule has 1 saturated heterocycles. The number of carbonyl (C=O) groups excluding carboxylic acids is 1. The number of ether oxygens (including phenoxy) is 1. The van der Waals surface area contributed by atoms with Gasteiger partial charge in [-0.25, -0.2) is 4.79 Å². The number of carbonyl (C=O) groups is 1. The number of rotatable bonds is 2. The maximum absolute atomic E-state index is 12.1. The van der Waals surface area contributed by atoms with Crippen LogP contribution < -0.4 is 0 Å². The van der Waals surface area contributed by atoms with Crippen molar-refractivity contribution >= 4 is 12.8 Å². The second-order valence-corrected chi connectivity index (χ2v) is 5.79. The molecule has 96 valence electrons. The van der Waals surface area contributed by atoms with E-state index in [9.17, 15) is 4.79 Å². The molecular formula is C13H24BNO2. The minimum absolute atomic E-state index is 0.0619. The Morgan fingerprint density at radius 2 is 1.82 bits per heavy atom. The van der Waals surface area contributed by atoms with E-state index in [0.717, 1.165) is 32.2 Å². The van der Waals surface area contributed by atoms with Gasteiger partial charge >= 0.3 is 6.09 Å². The Morgan fingerprint density at radius 1 is 1.12 bits per heavy atom. The monoisotopic (exact) mass is 237 g/mol. The Morgan fingerprint density at radius 3 is 2.47 bits per heavy atom. The van der Waals surface area contributed by atoms with Crippen LogP contribution in [0.4, 0.5) is 4.79 Å². The number of likely N-dealkylation sites (tertiary alicyclic amines) is 1. The lowest BCUT2D eigenvalue weighted by Gasteiger charge is -2.29. The second kappa shape index (κ2) is 5.79. The fourth-order valence-corrected chi connectivity index (χ4v) is 3.11. The molecule has 17 heavy (non-hydrogen) atoms. The zero-order chi connectivity index (χ0) is 12.3. The van der Waals surface area contributed by atoms with Gasteiger partial charge < -0.3 is 9.64 Å². The third kappa shape index (κ3) is 3.17. The summed E-state index contributed by atoms with van der Waals surface area (Å²) in [5, 5.41) is 0. The molecular weight excluding hydrogens is 213 g/mol. The Kier molecular flexibility index (Phi) is 4.35. The molecule has 2 rings (SSSR count). The van der Waals surface area contributed by atoms with Crippen molar-refractivity contribution < 1.29 is 9.53 Å². The molecule has 0 spiro atoms. The molecule has 0 bridgehead atoms. The van der Waals surface area contributed by atoms with Crippen molar-refractivity contribution in [2.24, 2.45) is 0 Å². The van der Waals surface area contributed by atoms with E-state index in [2.05, 4.69) is 13.6 Å². The molecule has 0 aromatic heterocycles. The summed E-state index contributed by atoms with van der Waals surface area (Å²) >= 11 is 0. The molecule has 1 saturated carbocycles. The van der Waals surface area contributed by atoms with Gasteiger partial charge in [0, 0.05) is 12.5 Å². The molecule has 1 aliphatic carbocycles. The van der Waals surface area contributed by atoms with Crippen molar-refractivity contribution in [2.75, 3.05) is 6.54 Å².